The Morgan fingerprint density at radius 3 is 2.56 bits per heavy atom. The third kappa shape index (κ3) is 3.01. The lowest BCUT2D eigenvalue weighted by Gasteiger charge is -2.20. The molecule has 0 saturated carbocycles. The summed E-state index contributed by atoms with van der Waals surface area (Å²) in [6, 6.07) is 9.73. The van der Waals surface area contributed by atoms with Crippen LogP contribution in [0.1, 0.15) is 22.3 Å². The van der Waals surface area contributed by atoms with Gasteiger partial charge in [-0.1, -0.05) is 22.0 Å². The van der Waals surface area contributed by atoms with Crippen molar-refractivity contribution in [2.45, 2.75) is 12.0 Å². The zero-order valence-electron chi connectivity index (χ0n) is 13.6. The van der Waals surface area contributed by atoms with Gasteiger partial charge in [-0.3, -0.25) is 9.59 Å². The molecule has 1 unspecified atom stereocenters. The summed E-state index contributed by atoms with van der Waals surface area (Å²) in [6.07, 6.45) is -0.372. The SMILES string of the molecule is COc1ccc(C(=O)CC2(O)C(=O)Nc3cc(Br)ccc32)cc1OC. The smallest absolute Gasteiger partial charge is 0.261 e. The Bertz CT molecular complexity index is 867. The van der Waals surface area contributed by atoms with Gasteiger partial charge in [0.15, 0.2) is 22.9 Å². The van der Waals surface area contributed by atoms with Gasteiger partial charge in [-0.05, 0) is 30.3 Å². The van der Waals surface area contributed by atoms with Gasteiger partial charge in [0.25, 0.3) is 5.91 Å². The average molecular weight is 406 g/mol. The van der Waals surface area contributed by atoms with Crippen LogP contribution < -0.4 is 14.8 Å². The number of hydrogen-bond acceptors (Lipinski definition) is 5. The van der Waals surface area contributed by atoms with Crippen LogP contribution in [0.3, 0.4) is 0 Å². The zero-order chi connectivity index (χ0) is 18.2. The third-order valence-electron chi connectivity index (χ3n) is 4.17. The quantitative estimate of drug-likeness (QED) is 0.747. The largest absolute Gasteiger partial charge is 0.493 e. The summed E-state index contributed by atoms with van der Waals surface area (Å²) in [5, 5.41) is 13.5. The lowest BCUT2D eigenvalue weighted by Crippen LogP contribution is -2.36. The molecule has 1 aliphatic rings. The minimum Gasteiger partial charge on any atom is -0.493 e. The highest BCUT2D eigenvalue weighted by molar-refractivity contribution is 9.10. The zero-order valence-corrected chi connectivity index (χ0v) is 15.2. The molecule has 3 rings (SSSR count). The van der Waals surface area contributed by atoms with E-state index in [1.165, 1.54) is 20.3 Å². The van der Waals surface area contributed by atoms with E-state index in [1.807, 2.05) is 0 Å². The number of fused-ring (bicyclic) bond motifs is 1. The Hall–Kier alpha value is -2.38. The number of carbonyl (C=O) groups is 2. The average Bonchev–Trinajstić information content (AvgIpc) is 2.83. The molecule has 0 saturated heterocycles. The van der Waals surface area contributed by atoms with Crippen LogP contribution >= 0.6 is 15.9 Å². The molecule has 130 valence electrons. The van der Waals surface area contributed by atoms with Gasteiger partial charge in [0, 0.05) is 21.3 Å². The molecule has 2 aromatic rings. The molecular formula is C18H16BrNO5. The topological polar surface area (TPSA) is 84.9 Å². The van der Waals surface area contributed by atoms with Crippen molar-refractivity contribution >= 4 is 33.3 Å². The molecule has 0 aliphatic carbocycles. The van der Waals surface area contributed by atoms with E-state index in [1.54, 1.807) is 30.3 Å². The number of benzene rings is 2. The molecule has 25 heavy (non-hydrogen) atoms. The molecule has 0 spiro atoms. The maximum Gasteiger partial charge on any atom is 0.261 e. The minimum atomic E-state index is -1.90. The van der Waals surface area contributed by atoms with Crippen molar-refractivity contribution in [1.29, 1.82) is 0 Å². The molecule has 7 heteroatoms. The second kappa shape index (κ2) is 6.50. The second-order valence-electron chi connectivity index (χ2n) is 5.67. The molecule has 2 N–H and O–H groups in total. The van der Waals surface area contributed by atoms with E-state index in [9.17, 15) is 14.7 Å². The number of Topliss-reactive ketones (excluding diaryl/α,β-unsaturated/α-hetero) is 1. The summed E-state index contributed by atoms with van der Waals surface area (Å²) in [5.74, 6) is -0.101. The summed E-state index contributed by atoms with van der Waals surface area (Å²) in [7, 11) is 2.97. The number of ether oxygens (including phenoxy) is 2. The first-order chi connectivity index (χ1) is 11.9. The number of anilines is 1. The molecule has 2 aromatic carbocycles. The van der Waals surface area contributed by atoms with Gasteiger partial charge in [-0.25, -0.2) is 0 Å². The maximum atomic E-state index is 12.7. The summed E-state index contributed by atoms with van der Waals surface area (Å²) < 4.78 is 11.1. The Labute approximate surface area is 152 Å². The Balaban J connectivity index is 1.92. The van der Waals surface area contributed by atoms with Gasteiger partial charge in [-0.2, -0.15) is 0 Å². The van der Waals surface area contributed by atoms with Crippen LogP contribution in [-0.2, 0) is 10.4 Å². The first kappa shape index (κ1) is 17.4. The molecule has 1 aliphatic heterocycles. The molecule has 1 atom stereocenters. The van der Waals surface area contributed by atoms with Gasteiger partial charge < -0.3 is 19.9 Å². The van der Waals surface area contributed by atoms with Crippen LogP contribution in [-0.4, -0.2) is 31.0 Å². The van der Waals surface area contributed by atoms with Crippen LogP contribution in [0.2, 0.25) is 0 Å². The fourth-order valence-electron chi connectivity index (χ4n) is 2.85. The summed E-state index contributed by atoms with van der Waals surface area (Å²) in [5.41, 5.74) is -0.707. The molecule has 6 nitrogen and oxygen atoms in total. The highest BCUT2D eigenvalue weighted by Crippen LogP contribution is 2.40. The molecular weight excluding hydrogens is 390 g/mol. The number of methoxy groups -OCH3 is 2. The van der Waals surface area contributed by atoms with Crippen molar-refractivity contribution in [2.75, 3.05) is 19.5 Å². The van der Waals surface area contributed by atoms with Crippen molar-refractivity contribution in [3.05, 3.63) is 52.0 Å². The maximum absolute atomic E-state index is 12.7. The summed E-state index contributed by atoms with van der Waals surface area (Å²) in [4.78, 5) is 24.9. The van der Waals surface area contributed by atoms with Crippen LogP contribution in [0, 0.1) is 0 Å². The van der Waals surface area contributed by atoms with Gasteiger partial charge in [0.1, 0.15) is 0 Å². The first-order valence-corrected chi connectivity index (χ1v) is 8.27. The molecule has 1 heterocycles. The molecule has 0 radical (unpaired) electrons. The summed E-state index contributed by atoms with van der Waals surface area (Å²) >= 11 is 3.31. The van der Waals surface area contributed by atoms with Crippen molar-refractivity contribution in [1.82, 2.24) is 0 Å². The normalized spacial score (nSPS) is 18.5. The standard InChI is InChI=1S/C18H16BrNO5/c1-24-15-6-3-10(7-16(15)25-2)14(21)9-18(23)12-5-4-11(19)8-13(12)20-17(18)22/h3-8,23H,9H2,1-2H3,(H,20,22). The van der Waals surface area contributed by atoms with Crippen molar-refractivity contribution in [3.8, 4) is 11.5 Å². The fraction of sp³-hybridized carbons (Fsp3) is 0.222. The number of ketones is 1. The fourth-order valence-corrected chi connectivity index (χ4v) is 3.21. The van der Waals surface area contributed by atoms with E-state index in [0.29, 0.717) is 28.3 Å². The van der Waals surface area contributed by atoms with E-state index in [-0.39, 0.29) is 12.2 Å². The monoisotopic (exact) mass is 405 g/mol. The lowest BCUT2D eigenvalue weighted by atomic mass is 9.88. The number of carbonyl (C=O) groups excluding carboxylic acids is 2. The Morgan fingerprint density at radius 2 is 1.88 bits per heavy atom. The van der Waals surface area contributed by atoms with Crippen LogP contribution in [0.5, 0.6) is 11.5 Å². The van der Waals surface area contributed by atoms with E-state index >= 15 is 0 Å². The van der Waals surface area contributed by atoms with Gasteiger partial charge in [0.2, 0.25) is 0 Å². The number of nitrogens with one attached hydrogen (secondary N) is 1. The van der Waals surface area contributed by atoms with Crippen molar-refractivity contribution in [3.63, 3.8) is 0 Å². The predicted molar refractivity (Wildman–Crippen MR) is 95.2 cm³/mol. The number of amides is 1. The van der Waals surface area contributed by atoms with Gasteiger partial charge >= 0.3 is 0 Å². The lowest BCUT2D eigenvalue weighted by molar-refractivity contribution is -0.133. The number of rotatable bonds is 5. The van der Waals surface area contributed by atoms with Crippen LogP contribution in [0.25, 0.3) is 0 Å². The molecule has 0 aromatic heterocycles. The van der Waals surface area contributed by atoms with E-state index < -0.39 is 11.5 Å². The number of halogens is 1. The molecule has 0 bridgehead atoms. The van der Waals surface area contributed by atoms with Crippen LogP contribution in [0.15, 0.2) is 40.9 Å². The van der Waals surface area contributed by atoms with Gasteiger partial charge in [0.05, 0.1) is 20.6 Å². The van der Waals surface area contributed by atoms with Gasteiger partial charge in [-0.15, -0.1) is 0 Å². The van der Waals surface area contributed by atoms with E-state index in [0.717, 1.165) is 4.47 Å². The molecule has 0 fully saturated rings. The minimum absolute atomic E-state index is 0.324. The molecule has 1 amide bonds. The highest BCUT2D eigenvalue weighted by Gasteiger charge is 2.46. The predicted octanol–water partition coefficient (Wildman–Crippen LogP) is 2.88. The third-order valence-corrected chi connectivity index (χ3v) is 4.67. The second-order valence-corrected chi connectivity index (χ2v) is 6.59. The van der Waals surface area contributed by atoms with Crippen molar-refractivity contribution in [2.24, 2.45) is 0 Å². The number of aliphatic hydroxyl groups is 1. The Morgan fingerprint density at radius 1 is 1.16 bits per heavy atom. The van der Waals surface area contributed by atoms with E-state index in [4.69, 9.17) is 9.47 Å². The van der Waals surface area contributed by atoms with Crippen molar-refractivity contribution < 1.29 is 24.2 Å². The Kier molecular flexibility index (Phi) is 4.53. The highest BCUT2D eigenvalue weighted by atomic mass is 79.9. The number of hydrogen-bond donors (Lipinski definition) is 2. The summed E-state index contributed by atoms with van der Waals surface area (Å²) in [6.45, 7) is 0. The first-order valence-electron chi connectivity index (χ1n) is 7.48. The van der Waals surface area contributed by atoms with E-state index in [2.05, 4.69) is 21.2 Å². The van der Waals surface area contributed by atoms with Crippen LogP contribution in [0.4, 0.5) is 5.69 Å².